The van der Waals surface area contributed by atoms with Crippen molar-refractivity contribution in [3.8, 4) is 0 Å². The van der Waals surface area contributed by atoms with Crippen LogP contribution in [0.2, 0.25) is 0 Å². The third kappa shape index (κ3) is 3.79. The Labute approximate surface area is 133 Å². The van der Waals surface area contributed by atoms with Crippen molar-refractivity contribution in [2.75, 3.05) is 25.1 Å². The molecule has 2 aliphatic heterocycles. The molecule has 0 aromatic heterocycles. The van der Waals surface area contributed by atoms with Crippen LogP contribution < -0.4 is 16.4 Å². The SMILES string of the molecule is NC(=O)CO[C@@H]1CO[C@H]2[C@H]1OC[C@H]2NC(=O)Nc1ccccc1. The van der Waals surface area contributed by atoms with Crippen LogP contribution in [-0.4, -0.2) is 56.1 Å². The second kappa shape index (κ2) is 6.95. The molecule has 23 heavy (non-hydrogen) atoms. The Bertz CT molecular complexity index is 567. The lowest BCUT2D eigenvalue weighted by Gasteiger charge is -2.18. The van der Waals surface area contributed by atoms with Crippen molar-refractivity contribution in [3.63, 3.8) is 0 Å². The average molecular weight is 321 g/mol. The number of fused-ring (bicyclic) bond motifs is 1. The largest absolute Gasteiger partial charge is 0.370 e. The maximum Gasteiger partial charge on any atom is 0.319 e. The summed E-state index contributed by atoms with van der Waals surface area (Å²) in [5, 5.41) is 5.58. The van der Waals surface area contributed by atoms with E-state index < -0.39 is 5.91 Å². The summed E-state index contributed by atoms with van der Waals surface area (Å²) in [5.41, 5.74) is 5.77. The van der Waals surface area contributed by atoms with Crippen LogP contribution in [0.4, 0.5) is 10.5 Å². The zero-order valence-corrected chi connectivity index (χ0v) is 12.4. The van der Waals surface area contributed by atoms with Crippen LogP contribution in [0.3, 0.4) is 0 Å². The summed E-state index contributed by atoms with van der Waals surface area (Å²) >= 11 is 0. The number of carbonyl (C=O) groups excluding carboxylic acids is 2. The van der Waals surface area contributed by atoms with E-state index in [2.05, 4.69) is 10.6 Å². The van der Waals surface area contributed by atoms with Gasteiger partial charge < -0.3 is 30.6 Å². The number of benzene rings is 1. The molecular weight excluding hydrogens is 302 g/mol. The molecule has 0 saturated carbocycles. The molecule has 4 N–H and O–H groups in total. The Balaban J connectivity index is 1.51. The lowest BCUT2D eigenvalue weighted by atomic mass is 10.1. The van der Waals surface area contributed by atoms with E-state index in [-0.39, 0.29) is 37.0 Å². The van der Waals surface area contributed by atoms with Crippen molar-refractivity contribution in [3.05, 3.63) is 30.3 Å². The Kier molecular flexibility index (Phi) is 4.75. The molecule has 8 nitrogen and oxygen atoms in total. The van der Waals surface area contributed by atoms with E-state index >= 15 is 0 Å². The summed E-state index contributed by atoms with van der Waals surface area (Å²) in [6.07, 6.45) is -0.956. The molecule has 0 aliphatic carbocycles. The van der Waals surface area contributed by atoms with Crippen molar-refractivity contribution < 1.29 is 23.8 Å². The predicted octanol–water partition coefficient (Wildman–Crippen LogP) is -0.155. The fourth-order valence-electron chi connectivity index (χ4n) is 2.78. The molecule has 2 fully saturated rings. The van der Waals surface area contributed by atoms with Gasteiger partial charge in [-0.2, -0.15) is 0 Å². The summed E-state index contributed by atoms with van der Waals surface area (Å²) in [6.45, 7) is 0.461. The monoisotopic (exact) mass is 321 g/mol. The lowest BCUT2D eigenvalue weighted by molar-refractivity contribution is -0.126. The van der Waals surface area contributed by atoms with E-state index in [1.165, 1.54) is 0 Å². The standard InChI is InChI=1S/C15H19N3O5/c16-12(19)8-21-11-7-23-13-10(6-22-14(11)13)18-15(20)17-9-4-2-1-3-5-9/h1-5,10-11,13-14H,6-8H2,(H2,16,19)(H2,17,18,20)/t10-,11-,13-,14+/m1/s1. The minimum absolute atomic E-state index is 0.173. The quantitative estimate of drug-likeness (QED) is 0.698. The van der Waals surface area contributed by atoms with E-state index in [9.17, 15) is 9.59 Å². The molecule has 0 unspecified atom stereocenters. The molecule has 2 heterocycles. The van der Waals surface area contributed by atoms with Crippen LogP contribution in [0.15, 0.2) is 30.3 Å². The van der Waals surface area contributed by atoms with Gasteiger partial charge in [-0.15, -0.1) is 0 Å². The summed E-state index contributed by atoms with van der Waals surface area (Å²) < 4.78 is 16.7. The molecule has 2 saturated heterocycles. The molecule has 3 amide bonds. The summed E-state index contributed by atoms with van der Waals surface area (Å²) in [4.78, 5) is 22.8. The number of rotatable bonds is 5. The molecule has 1 aromatic carbocycles. The molecule has 0 bridgehead atoms. The number of primary amides is 1. The van der Waals surface area contributed by atoms with Crippen molar-refractivity contribution in [2.45, 2.75) is 24.4 Å². The maximum atomic E-state index is 12.0. The fourth-order valence-corrected chi connectivity index (χ4v) is 2.78. The van der Waals surface area contributed by atoms with Gasteiger partial charge in [-0.05, 0) is 12.1 Å². The van der Waals surface area contributed by atoms with Crippen molar-refractivity contribution in [2.24, 2.45) is 5.73 Å². The van der Waals surface area contributed by atoms with E-state index in [1.807, 2.05) is 18.2 Å². The molecule has 4 atom stereocenters. The van der Waals surface area contributed by atoms with Crippen LogP contribution in [0.5, 0.6) is 0 Å². The highest BCUT2D eigenvalue weighted by Gasteiger charge is 2.48. The fraction of sp³-hybridized carbons (Fsp3) is 0.467. The zero-order chi connectivity index (χ0) is 16.2. The summed E-state index contributed by atoms with van der Waals surface area (Å²) in [6, 6.07) is 8.55. The average Bonchev–Trinajstić information content (AvgIpc) is 3.09. The van der Waals surface area contributed by atoms with Gasteiger partial charge in [-0.3, -0.25) is 4.79 Å². The van der Waals surface area contributed by atoms with Crippen LogP contribution in [-0.2, 0) is 19.0 Å². The van der Waals surface area contributed by atoms with Crippen LogP contribution in [0.1, 0.15) is 0 Å². The van der Waals surface area contributed by atoms with Crippen molar-refractivity contribution in [1.29, 1.82) is 0 Å². The molecule has 3 rings (SSSR count). The number of nitrogens with one attached hydrogen (secondary N) is 2. The van der Waals surface area contributed by atoms with Gasteiger partial charge in [-0.25, -0.2) is 4.79 Å². The first kappa shape index (κ1) is 15.7. The topological polar surface area (TPSA) is 112 Å². The van der Waals surface area contributed by atoms with E-state index in [0.29, 0.717) is 18.9 Å². The number of urea groups is 1. The first-order chi connectivity index (χ1) is 11.1. The van der Waals surface area contributed by atoms with Gasteiger partial charge in [0.15, 0.2) is 0 Å². The zero-order valence-electron chi connectivity index (χ0n) is 12.4. The van der Waals surface area contributed by atoms with Gasteiger partial charge in [0.25, 0.3) is 0 Å². The third-order valence-corrected chi connectivity index (χ3v) is 3.80. The Morgan fingerprint density at radius 1 is 1.17 bits per heavy atom. The van der Waals surface area contributed by atoms with Gasteiger partial charge in [0.05, 0.1) is 19.3 Å². The second-order valence-electron chi connectivity index (χ2n) is 5.48. The smallest absolute Gasteiger partial charge is 0.319 e. The minimum Gasteiger partial charge on any atom is -0.370 e. The molecule has 1 aromatic rings. The molecule has 8 heteroatoms. The Morgan fingerprint density at radius 2 is 1.91 bits per heavy atom. The number of anilines is 1. The number of amides is 3. The number of para-hydroxylation sites is 1. The third-order valence-electron chi connectivity index (χ3n) is 3.80. The highest BCUT2D eigenvalue weighted by Crippen LogP contribution is 2.28. The first-order valence-corrected chi connectivity index (χ1v) is 7.39. The highest BCUT2D eigenvalue weighted by molar-refractivity contribution is 5.89. The van der Waals surface area contributed by atoms with E-state index in [1.54, 1.807) is 12.1 Å². The second-order valence-corrected chi connectivity index (χ2v) is 5.48. The molecule has 2 aliphatic rings. The Hall–Kier alpha value is -2.16. The van der Waals surface area contributed by atoms with Crippen LogP contribution in [0, 0.1) is 0 Å². The van der Waals surface area contributed by atoms with Crippen LogP contribution in [0.25, 0.3) is 0 Å². The lowest BCUT2D eigenvalue weighted by Crippen LogP contribution is -2.46. The van der Waals surface area contributed by atoms with E-state index in [4.69, 9.17) is 19.9 Å². The number of hydrogen-bond acceptors (Lipinski definition) is 5. The number of hydrogen-bond donors (Lipinski definition) is 3. The number of ether oxygens (including phenoxy) is 3. The maximum absolute atomic E-state index is 12.0. The highest BCUT2D eigenvalue weighted by atomic mass is 16.6. The van der Waals surface area contributed by atoms with Gasteiger partial charge in [0.2, 0.25) is 5.91 Å². The Morgan fingerprint density at radius 3 is 2.65 bits per heavy atom. The molecule has 124 valence electrons. The summed E-state index contributed by atoms with van der Waals surface area (Å²) in [7, 11) is 0. The summed E-state index contributed by atoms with van der Waals surface area (Å²) in [5.74, 6) is -0.539. The first-order valence-electron chi connectivity index (χ1n) is 7.39. The van der Waals surface area contributed by atoms with E-state index in [0.717, 1.165) is 0 Å². The molecule has 0 spiro atoms. The minimum atomic E-state index is -0.539. The number of nitrogens with two attached hydrogens (primary N) is 1. The molecular formula is C15H19N3O5. The van der Waals surface area contributed by atoms with Crippen molar-refractivity contribution in [1.82, 2.24) is 5.32 Å². The molecule has 0 radical (unpaired) electrons. The van der Waals surface area contributed by atoms with Gasteiger partial charge in [0.1, 0.15) is 24.9 Å². The van der Waals surface area contributed by atoms with Gasteiger partial charge in [0, 0.05) is 5.69 Å². The predicted molar refractivity (Wildman–Crippen MR) is 80.8 cm³/mol. The normalized spacial score (nSPS) is 29.0. The van der Waals surface area contributed by atoms with Crippen LogP contribution >= 0.6 is 0 Å². The van der Waals surface area contributed by atoms with Gasteiger partial charge in [-0.1, -0.05) is 18.2 Å². The van der Waals surface area contributed by atoms with Gasteiger partial charge >= 0.3 is 6.03 Å². The van der Waals surface area contributed by atoms with Crippen molar-refractivity contribution >= 4 is 17.6 Å². The number of carbonyl (C=O) groups is 2.